The predicted octanol–water partition coefficient (Wildman–Crippen LogP) is 3.41. The first kappa shape index (κ1) is 17.7. The molecule has 4 rings (SSSR count). The smallest absolute Gasteiger partial charge is 0.244 e. The third kappa shape index (κ3) is 3.98. The molecule has 0 aliphatic carbocycles. The first-order chi connectivity index (χ1) is 13.7. The molecule has 3 aromatic rings. The Labute approximate surface area is 161 Å². The van der Waals surface area contributed by atoms with Gasteiger partial charge >= 0.3 is 0 Å². The van der Waals surface area contributed by atoms with Crippen molar-refractivity contribution in [3.8, 4) is 28.6 Å². The van der Waals surface area contributed by atoms with Gasteiger partial charge in [-0.05, 0) is 35.9 Å². The van der Waals surface area contributed by atoms with E-state index in [1.165, 1.54) is 6.08 Å². The van der Waals surface area contributed by atoms with Crippen molar-refractivity contribution in [2.45, 2.75) is 6.54 Å². The lowest BCUT2D eigenvalue weighted by Crippen LogP contribution is -2.20. The third-order valence-electron chi connectivity index (χ3n) is 4.18. The van der Waals surface area contributed by atoms with E-state index in [4.69, 9.17) is 18.7 Å². The number of fused-ring (bicyclic) bond motifs is 1. The summed E-state index contributed by atoms with van der Waals surface area (Å²) >= 11 is 0. The van der Waals surface area contributed by atoms with Crippen LogP contribution in [0, 0.1) is 0 Å². The third-order valence-corrected chi connectivity index (χ3v) is 4.18. The van der Waals surface area contributed by atoms with E-state index in [2.05, 4.69) is 10.5 Å². The zero-order valence-electron chi connectivity index (χ0n) is 15.2. The Hall–Kier alpha value is -3.74. The normalized spacial score (nSPS) is 12.3. The average Bonchev–Trinajstić information content (AvgIpc) is 3.39. The molecule has 0 spiro atoms. The SMILES string of the molecule is COc1cccc(-c2cc(CNC(=O)C=Cc3ccc4c(c3)OCO4)no2)c1. The van der Waals surface area contributed by atoms with E-state index in [1.807, 2.05) is 42.5 Å². The molecular formula is C21H18N2O5. The van der Waals surface area contributed by atoms with Gasteiger partial charge in [0.2, 0.25) is 12.7 Å². The van der Waals surface area contributed by atoms with E-state index in [-0.39, 0.29) is 19.2 Å². The highest BCUT2D eigenvalue weighted by atomic mass is 16.7. The molecule has 0 atom stereocenters. The van der Waals surface area contributed by atoms with Crippen LogP contribution in [0.25, 0.3) is 17.4 Å². The number of hydrogen-bond acceptors (Lipinski definition) is 6. The largest absolute Gasteiger partial charge is 0.497 e. The van der Waals surface area contributed by atoms with Gasteiger partial charge in [-0.1, -0.05) is 23.4 Å². The van der Waals surface area contributed by atoms with Crippen molar-refractivity contribution in [2.75, 3.05) is 13.9 Å². The lowest BCUT2D eigenvalue weighted by molar-refractivity contribution is -0.116. The summed E-state index contributed by atoms with van der Waals surface area (Å²) in [6.45, 7) is 0.482. The van der Waals surface area contributed by atoms with Gasteiger partial charge in [-0.2, -0.15) is 0 Å². The molecule has 0 bridgehead atoms. The second kappa shape index (κ2) is 7.87. The van der Waals surface area contributed by atoms with Crippen molar-refractivity contribution in [3.05, 3.63) is 65.9 Å². The van der Waals surface area contributed by atoms with E-state index in [9.17, 15) is 4.79 Å². The van der Waals surface area contributed by atoms with Gasteiger partial charge in [0.25, 0.3) is 0 Å². The Morgan fingerprint density at radius 1 is 1.18 bits per heavy atom. The number of rotatable bonds is 6. The fourth-order valence-electron chi connectivity index (χ4n) is 2.73. The molecule has 7 nitrogen and oxygen atoms in total. The quantitative estimate of drug-likeness (QED) is 0.662. The highest BCUT2D eigenvalue weighted by molar-refractivity contribution is 5.91. The molecule has 2 heterocycles. The Morgan fingerprint density at radius 2 is 2.07 bits per heavy atom. The van der Waals surface area contributed by atoms with E-state index in [0.29, 0.717) is 23.0 Å². The van der Waals surface area contributed by atoms with Gasteiger partial charge in [-0.15, -0.1) is 0 Å². The fraction of sp³-hybridized carbons (Fsp3) is 0.143. The van der Waals surface area contributed by atoms with Gasteiger partial charge in [0.1, 0.15) is 11.4 Å². The first-order valence-corrected chi connectivity index (χ1v) is 8.67. The molecule has 0 radical (unpaired) electrons. The molecule has 1 amide bonds. The average molecular weight is 378 g/mol. The number of nitrogens with zero attached hydrogens (tertiary/aromatic N) is 1. The molecule has 2 aromatic carbocycles. The van der Waals surface area contributed by atoms with Crippen LogP contribution in [0.1, 0.15) is 11.3 Å². The molecule has 1 aliphatic rings. The second-order valence-electron chi connectivity index (χ2n) is 6.08. The van der Waals surface area contributed by atoms with Crippen LogP contribution in [0.5, 0.6) is 17.2 Å². The number of nitrogens with one attached hydrogen (secondary N) is 1. The van der Waals surface area contributed by atoms with Crippen molar-refractivity contribution >= 4 is 12.0 Å². The molecule has 1 N–H and O–H groups in total. The molecule has 1 aliphatic heterocycles. The Morgan fingerprint density at radius 3 is 2.96 bits per heavy atom. The van der Waals surface area contributed by atoms with Gasteiger partial charge in [-0.25, -0.2) is 0 Å². The summed E-state index contributed by atoms with van der Waals surface area (Å²) in [5.74, 6) is 2.50. The minimum atomic E-state index is -0.233. The molecule has 0 saturated heterocycles. The van der Waals surface area contributed by atoms with Gasteiger partial charge in [-0.3, -0.25) is 4.79 Å². The monoisotopic (exact) mass is 378 g/mol. The topological polar surface area (TPSA) is 82.8 Å². The summed E-state index contributed by atoms with van der Waals surface area (Å²) in [6.07, 6.45) is 3.17. The number of hydrogen-bond donors (Lipinski definition) is 1. The Bertz CT molecular complexity index is 1030. The van der Waals surface area contributed by atoms with Crippen LogP contribution in [0.4, 0.5) is 0 Å². The summed E-state index contributed by atoms with van der Waals surface area (Å²) in [7, 11) is 1.61. The van der Waals surface area contributed by atoms with Crippen LogP contribution in [0.3, 0.4) is 0 Å². The number of carbonyl (C=O) groups excluding carboxylic acids is 1. The minimum Gasteiger partial charge on any atom is -0.497 e. The lowest BCUT2D eigenvalue weighted by Gasteiger charge is -2.00. The van der Waals surface area contributed by atoms with Crippen molar-refractivity contribution in [1.82, 2.24) is 10.5 Å². The molecule has 1 aromatic heterocycles. The van der Waals surface area contributed by atoms with Crippen molar-refractivity contribution in [1.29, 1.82) is 0 Å². The van der Waals surface area contributed by atoms with Crippen LogP contribution < -0.4 is 19.5 Å². The van der Waals surface area contributed by atoms with Crippen LogP contribution in [-0.2, 0) is 11.3 Å². The van der Waals surface area contributed by atoms with Crippen molar-refractivity contribution in [3.63, 3.8) is 0 Å². The minimum absolute atomic E-state index is 0.221. The number of benzene rings is 2. The van der Waals surface area contributed by atoms with Crippen molar-refractivity contribution < 1.29 is 23.5 Å². The summed E-state index contributed by atoms with van der Waals surface area (Å²) in [6, 6.07) is 14.8. The van der Waals surface area contributed by atoms with Crippen LogP contribution >= 0.6 is 0 Å². The molecular weight excluding hydrogens is 360 g/mol. The number of ether oxygens (including phenoxy) is 3. The molecule has 7 heteroatoms. The summed E-state index contributed by atoms with van der Waals surface area (Å²) in [4.78, 5) is 12.1. The number of aromatic nitrogens is 1. The van der Waals surface area contributed by atoms with Gasteiger partial charge < -0.3 is 24.1 Å². The zero-order chi connectivity index (χ0) is 19.3. The second-order valence-corrected chi connectivity index (χ2v) is 6.08. The molecule has 142 valence electrons. The number of methoxy groups -OCH3 is 1. The van der Waals surface area contributed by atoms with Crippen LogP contribution in [0.15, 0.2) is 59.1 Å². The highest BCUT2D eigenvalue weighted by Gasteiger charge is 2.12. The van der Waals surface area contributed by atoms with Crippen LogP contribution in [-0.4, -0.2) is 25.0 Å². The van der Waals surface area contributed by atoms with E-state index < -0.39 is 0 Å². The molecule has 28 heavy (non-hydrogen) atoms. The maximum atomic E-state index is 12.1. The summed E-state index contributed by atoms with van der Waals surface area (Å²) in [5, 5.41) is 6.77. The van der Waals surface area contributed by atoms with E-state index in [0.717, 1.165) is 16.9 Å². The van der Waals surface area contributed by atoms with E-state index in [1.54, 1.807) is 19.3 Å². The number of amides is 1. The maximum Gasteiger partial charge on any atom is 0.244 e. The van der Waals surface area contributed by atoms with Gasteiger partial charge in [0.05, 0.1) is 13.7 Å². The zero-order valence-corrected chi connectivity index (χ0v) is 15.2. The standard InChI is InChI=1S/C21H18N2O5/c1-25-17-4-2-3-15(10-17)19-11-16(23-28-19)12-22-21(24)8-6-14-5-7-18-20(9-14)27-13-26-18/h2-11H,12-13H2,1H3,(H,22,24). The molecule has 0 saturated carbocycles. The lowest BCUT2D eigenvalue weighted by atomic mass is 10.1. The number of carbonyl (C=O) groups is 1. The Balaban J connectivity index is 1.34. The predicted molar refractivity (Wildman–Crippen MR) is 102 cm³/mol. The highest BCUT2D eigenvalue weighted by Crippen LogP contribution is 2.32. The molecule has 0 unspecified atom stereocenters. The first-order valence-electron chi connectivity index (χ1n) is 8.67. The Kier molecular flexibility index (Phi) is 4.97. The summed E-state index contributed by atoms with van der Waals surface area (Å²) < 4.78 is 21.1. The van der Waals surface area contributed by atoms with Gasteiger partial charge in [0, 0.05) is 17.7 Å². The van der Waals surface area contributed by atoms with Crippen LogP contribution in [0.2, 0.25) is 0 Å². The van der Waals surface area contributed by atoms with E-state index >= 15 is 0 Å². The van der Waals surface area contributed by atoms with Crippen molar-refractivity contribution in [2.24, 2.45) is 0 Å². The summed E-state index contributed by atoms with van der Waals surface area (Å²) in [5.41, 5.74) is 2.33. The van der Waals surface area contributed by atoms with Gasteiger partial charge in [0.15, 0.2) is 17.3 Å². The maximum absolute atomic E-state index is 12.1. The molecule has 0 fully saturated rings. The fourth-order valence-corrected chi connectivity index (χ4v) is 2.73.